The zero-order valence-electron chi connectivity index (χ0n) is 11.5. The number of carbonyl (C=O) groups excluding carboxylic acids is 1. The van der Waals surface area contributed by atoms with Crippen LogP contribution in [0.1, 0.15) is 40.0 Å². The summed E-state index contributed by atoms with van der Waals surface area (Å²) >= 11 is 0. The Hall–Kier alpha value is -0.610. The number of rotatable bonds is 6. The molecule has 1 amide bonds. The maximum Gasteiger partial charge on any atom is 0.238 e. The Kier molecular flexibility index (Phi) is 5.40. The number of amides is 1. The quantitative estimate of drug-likeness (QED) is 0.728. The molecule has 2 unspecified atom stereocenters. The number of nitrogens with zero attached hydrogens (tertiary/aromatic N) is 1. The van der Waals surface area contributed by atoms with Gasteiger partial charge in [-0.3, -0.25) is 4.79 Å². The van der Waals surface area contributed by atoms with Crippen molar-refractivity contribution in [1.82, 2.24) is 10.2 Å². The Morgan fingerprint density at radius 1 is 1.59 bits per heavy atom. The highest BCUT2D eigenvalue weighted by Crippen LogP contribution is 2.18. The van der Waals surface area contributed by atoms with Gasteiger partial charge in [-0.1, -0.05) is 13.8 Å². The molecular formula is C13H27N3O. The summed E-state index contributed by atoms with van der Waals surface area (Å²) in [6.07, 6.45) is 3.54. The van der Waals surface area contributed by atoms with E-state index in [4.69, 9.17) is 5.73 Å². The second kappa shape index (κ2) is 6.36. The van der Waals surface area contributed by atoms with Crippen LogP contribution in [0.3, 0.4) is 0 Å². The number of nitrogens with two attached hydrogens (primary N) is 1. The fourth-order valence-corrected chi connectivity index (χ4v) is 2.50. The summed E-state index contributed by atoms with van der Waals surface area (Å²) in [5.41, 5.74) is 4.95. The average Bonchev–Trinajstić information content (AvgIpc) is 2.26. The third-order valence-electron chi connectivity index (χ3n) is 3.59. The highest BCUT2D eigenvalue weighted by molar-refractivity contribution is 5.84. The van der Waals surface area contributed by atoms with Gasteiger partial charge in [0.2, 0.25) is 5.91 Å². The molecule has 1 fully saturated rings. The van der Waals surface area contributed by atoms with Gasteiger partial charge in [-0.15, -0.1) is 0 Å². The molecule has 1 heterocycles. The molecule has 0 aromatic heterocycles. The minimum Gasteiger partial charge on any atom is -0.368 e. The first kappa shape index (κ1) is 14.5. The highest BCUT2D eigenvalue weighted by Gasteiger charge is 2.33. The van der Waals surface area contributed by atoms with E-state index >= 15 is 0 Å². The minimum absolute atomic E-state index is 0.246. The minimum atomic E-state index is -0.590. The monoisotopic (exact) mass is 241 g/mol. The van der Waals surface area contributed by atoms with Crippen LogP contribution >= 0.6 is 0 Å². The molecule has 0 aromatic rings. The Bertz CT molecular complexity index is 257. The van der Waals surface area contributed by atoms with Crippen LogP contribution in [0, 0.1) is 5.92 Å². The molecule has 0 radical (unpaired) electrons. The van der Waals surface area contributed by atoms with Crippen molar-refractivity contribution < 1.29 is 4.79 Å². The van der Waals surface area contributed by atoms with Crippen molar-refractivity contribution in [2.75, 3.05) is 26.2 Å². The second-order valence-electron chi connectivity index (χ2n) is 5.61. The van der Waals surface area contributed by atoms with E-state index in [9.17, 15) is 4.79 Å². The molecule has 0 spiro atoms. The molecule has 1 saturated heterocycles. The predicted molar refractivity (Wildman–Crippen MR) is 70.7 cm³/mol. The summed E-state index contributed by atoms with van der Waals surface area (Å²) < 4.78 is 0. The van der Waals surface area contributed by atoms with Crippen LogP contribution in [-0.4, -0.2) is 42.5 Å². The standard InChI is InChI=1S/C13H27N3O/c1-4-7-15-13(3,12(14)17)10-16-8-5-6-11(2)9-16/h11,15H,4-10H2,1-3H3,(H2,14,17). The molecule has 2 atom stereocenters. The number of piperidine rings is 1. The lowest BCUT2D eigenvalue weighted by Gasteiger charge is -2.37. The zero-order valence-corrected chi connectivity index (χ0v) is 11.5. The molecule has 0 aliphatic carbocycles. The molecule has 100 valence electrons. The first-order valence-corrected chi connectivity index (χ1v) is 6.75. The first-order chi connectivity index (χ1) is 7.98. The van der Waals surface area contributed by atoms with Crippen molar-refractivity contribution in [3.05, 3.63) is 0 Å². The van der Waals surface area contributed by atoms with E-state index in [1.54, 1.807) is 0 Å². The normalized spacial score (nSPS) is 25.5. The summed E-state index contributed by atoms with van der Waals surface area (Å²) in [6, 6.07) is 0. The number of likely N-dealkylation sites (tertiary alicyclic amines) is 1. The van der Waals surface area contributed by atoms with E-state index in [-0.39, 0.29) is 5.91 Å². The van der Waals surface area contributed by atoms with E-state index in [1.807, 2.05) is 6.92 Å². The van der Waals surface area contributed by atoms with Gasteiger partial charge in [-0.05, 0) is 45.2 Å². The fraction of sp³-hybridized carbons (Fsp3) is 0.923. The molecule has 0 aromatic carbocycles. The van der Waals surface area contributed by atoms with Crippen LogP contribution in [-0.2, 0) is 4.79 Å². The largest absolute Gasteiger partial charge is 0.368 e. The van der Waals surface area contributed by atoms with Crippen molar-refractivity contribution in [2.24, 2.45) is 11.7 Å². The van der Waals surface area contributed by atoms with Gasteiger partial charge in [-0.25, -0.2) is 0 Å². The van der Waals surface area contributed by atoms with Crippen LogP contribution in [0.25, 0.3) is 0 Å². The number of hydrogen-bond donors (Lipinski definition) is 2. The summed E-state index contributed by atoms with van der Waals surface area (Å²) in [7, 11) is 0. The highest BCUT2D eigenvalue weighted by atomic mass is 16.1. The molecule has 17 heavy (non-hydrogen) atoms. The molecule has 4 heteroatoms. The third-order valence-corrected chi connectivity index (χ3v) is 3.59. The van der Waals surface area contributed by atoms with Gasteiger partial charge in [0.25, 0.3) is 0 Å². The maximum atomic E-state index is 11.6. The first-order valence-electron chi connectivity index (χ1n) is 6.75. The summed E-state index contributed by atoms with van der Waals surface area (Å²) in [5.74, 6) is 0.483. The molecular weight excluding hydrogens is 214 g/mol. The molecule has 1 aliphatic rings. The number of hydrogen-bond acceptors (Lipinski definition) is 3. The Morgan fingerprint density at radius 2 is 2.29 bits per heavy atom. The maximum absolute atomic E-state index is 11.6. The third kappa shape index (κ3) is 4.28. The van der Waals surface area contributed by atoms with Gasteiger partial charge >= 0.3 is 0 Å². The Balaban J connectivity index is 2.56. The number of carbonyl (C=O) groups is 1. The topological polar surface area (TPSA) is 58.4 Å². The van der Waals surface area contributed by atoms with Gasteiger partial charge in [0, 0.05) is 13.1 Å². The smallest absolute Gasteiger partial charge is 0.238 e. The summed E-state index contributed by atoms with van der Waals surface area (Å²) in [5, 5.41) is 3.29. The van der Waals surface area contributed by atoms with E-state index in [0.717, 1.165) is 38.5 Å². The van der Waals surface area contributed by atoms with E-state index < -0.39 is 5.54 Å². The molecule has 0 bridgehead atoms. The predicted octanol–water partition coefficient (Wildman–Crippen LogP) is 0.962. The van der Waals surface area contributed by atoms with Crippen LogP contribution in [0.15, 0.2) is 0 Å². The second-order valence-corrected chi connectivity index (χ2v) is 5.61. The van der Waals surface area contributed by atoms with Gasteiger partial charge in [0.05, 0.1) is 0 Å². The van der Waals surface area contributed by atoms with Crippen molar-refractivity contribution in [1.29, 1.82) is 0 Å². The molecule has 1 rings (SSSR count). The lowest BCUT2D eigenvalue weighted by Crippen LogP contribution is -2.60. The van der Waals surface area contributed by atoms with E-state index in [1.165, 1.54) is 12.8 Å². The Morgan fingerprint density at radius 3 is 2.82 bits per heavy atom. The van der Waals surface area contributed by atoms with Crippen LogP contribution in [0.2, 0.25) is 0 Å². The van der Waals surface area contributed by atoms with Gasteiger partial charge in [-0.2, -0.15) is 0 Å². The SMILES string of the molecule is CCCNC(C)(CN1CCCC(C)C1)C(N)=O. The zero-order chi connectivity index (χ0) is 12.9. The number of nitrogens with one attached hydrogen (secondary N) is 1. The lowest BCUT2D eigenvalue weighted by atomic mass is 9.95. The average molecular weight is 241 g/mol. The Labute approximate surface area is 105 Å². The van der Waals surface area contributed by atoms with Gasteiger partial charge < -0.3 is 16.0 Å². The van der Waals surface area contributed by atoms with Crippen LogP contribution in [0.5, 0.6) is 0 Å². The van der Waals surface area contributed by atoms with Crippen molar-refractivity contribution in [3.63, 3.8) is 0 Å². The summed E-state index contributed by atoms with van der Waals surface area (Å²) in [4.78, 5) is 14.0. The van der Waals surface area contributed by atoms with Crippen molar-refractivity contribution >= 4 is 5.91 Å². The van der Waals surface area contributed by atoms with Crippen molar-refractivity contribution in [3.8, 4) is 0 Å². The molecule has 4 nitrogen and oxygen atoms in total. The van der Waals surface area contributed by atoms with E-state index in [0.29, 0.717) is 0 Å². The lowest BCUT2D eigenvalue weighted by molar-refractivity contribution is -0.124. The molecule has 0 saturated carbocycles. The molecule has 3 N–H and O–H groups in total. The molecule has 1 aliphatic heterocycles. The van der Waals surface area contributed by atoms with Gasteiger partial charge in [0.15, 0.2) is 0 Å². The number of primary amides is 1. The van der Waals surface area contributed by atoms with Gasteiger partial charge in [0.1, 0.15) is 5.54 Å². The fourth-order valence-electron chi connectivity index (χ4n) is 2.50. The summed E-state index contributed by atoms with van der Waals surface area (Å²) in [6.45, 7) is 10.0. The van der Waals surface area contributed by atoms with Crippen molar-refractivity contribution in [2.45, 2.75) is 45.6 Å². The van der Waals surface area contributed by atoms with Crippen LogP contribution < -0.4 is 11.1 Å². The van der Waals surface area contributed by atoms with Crippen LogP contribution in [0.4, 0.5) is 0 Å². The van der Waals surface area contributed by atoms with E-state index in [2.05, 4.69) is 24.1 Å².